The summed E-state index contributed by atoms with van der Waals surface area (Å²) in [5.74, 6) is 0.662. The van der Waals surface area contributed by atoms with Gasteiger partial charge in [0.2, 0.25) is 5.95 Å². The molecule has 0 spiro atoms. The first kappa shape index (κ1) is 23.3. The molecule has 3 N–H and O–H groups in total. The molecule has 12 heteroatoms. The van der Waals surface area contributed by atoms with Gasteiger partial charge in [-0.1, -0.05) is 24.5 Å². The fourth-order valence-corrected chi connectivity index (χ4v) is 4.12. The Morgan fingerprint density at radius 2 is 1.97 bits per heavy atom. The van der Waals surface area contributed by atoms with Crippen LogP contribution in [-0.2, 0) is 6.54 Å². The van der Waals surface area contributed by atoms with Crippen molar-refractivity contribution in [1.29, 1.82) is 5.26 Å². The van der Waals surface area contributed by atoms with Crippen molar-refractivity contribution in [1.82, 2.24) is 34.6 Å². The molecule has 0 atom stereocenters. The summed E-state index contributed by atoms with van der Waals surface area (Å²) in [6, 6.07) is 7.62. The van der Waals surface area contributed by atoms with E-state index in [1.807, 2.05) is 0 Å². The minimum Gasteiger partial charge on any atom is -0.371 e. The van der Waals surface area contributed by atoms with Crippen LogP contribution < -0.4 is 11.1 Å². The van der Waals surface area contributed by atoms with Gasteiger partial charge >= 0.3 is 0 Å². The van der Waals surface area contributed by atoms with Crippen molar-refractivity contribution in [3.63, 3.8) is 0 Å². The Hall–Kier alpha value is -3.88. The number of hydrogen-bond acceptors (Lipinski definition) is 8. The van der Waals surface area contributed by atoms with E-state index in [4.69, 9.17) is 11.0 Å². The van der Waals surface area contributed by atoms with E-state index >= 15 is 0 Å². The molecule has 0 radical (unpaired) electrons. The van der Waals surface area contributed by atoms with Gasteiger partial charge in [0, 0.05) is 18.8 Å². The maximum atomic E-state index is 12.7. The van der Waals surface area contributed by atoms with Crippen LogP contribution in [0.5, 0.6) is 0 Å². The van der Waals surface area contributed by atoms with Crippen molar-refractivity contribution in [2.45, 2.75) is 52.0 Å². The molecule has 0 amide bonds. The Balaban J connectivity index is 0.000000257. The van der Waals surface area contributed by atoms with Crippen molar-refractivity contribution in [3.05, 3.63) is 24.4 Å². The van der Waals surface area contributed by atoms with Gasteiger partial charge < -0.3 is 11.1 Å². The first-order valence-electron chi connectivity index (χ1n) is 11.1. The lowest BCUT2D eigenvalue weighted by Crippen LogP contribution is -2.16. The molecule has 10 nitrogen and oxygen atoms in total. The van der Waals surface area contributed by atoms with Crippen LogP contribution in [0.3, 0.4) is 0 Å². The number of nitrogens with zero attached hydrogens (tertiary/aromatic N) is 8. The molecule has 0 aliphatic heterocycles. The number of nitrogens with two attached hydrogens (primary N) is 1. The van der Waals surface area contributed by atoms with Gasteiger partial charge in [-0.25, -0.2) is 23.0 Å². The minimum atomic E-state index is -2.54. The predicted octanol–water partition coefficient (Wildman–Crippen LogP) is 3.91. The predicted molar refractivity (Wildman–Crippen MR) is 124 cm³/mol. The van der Waals surface area contributed by atoms with Crippen molar-refractivity contribution >= 4 is 28.4 Å². The summed E-state index contributed by atoms with van der Waals surface area (Å²) in [5.41, 5.74) is 8.43. The fraction of sp³-hybridized carbons (Fsp3) is 0.455. The number of nitrogen functional groups attached to an aromatic ring is 1. The second kappa shape index (κ2) is 9.54. The monoisotopic (exact) mass is 468 g/mol. The van der Waals surface area contributed by atoms with Crippen LogP contribution in [0.2, 0.25) is 0 Å². The summed E-state index contributed by atoms with van der Waals surface area (Å²) >= 11 is 0. The van der Waals surface area contributed by atoms with E-state index in [1.54, 1.807) is 36.0 Å². The van der Waals surface area contributed by atoms with Crippen LogP contribution >= 0.6 is 0 Å². The number of anilines is 2. The molecule has 34 heavy (non-hydrogen) atoms. The molecule has 0 bridgehead atoms. The van der Waals surface area contributed by atoms with Gasteiger partial charge in [0.05, 0.1) is 17.2 Å². The van der Waals surface area contributed by atoms with Crippen molar-refractivity contribution in [3.8, 4) is 17.3 Å². The maximum Gasteiger partial charge on any atom is 0.258 e. The van der Waals surface area contributed by atoms with Crippen molar-refractivity contribution in [2.24, 2.45) is 5.41 Å². The summed E-state index contributed by atoms with van der Waals surface area (Å²) < 4.78 is 28.1. The van der Waals surface area contributed by atoms with E-state index in [1.165, 1.54) is 19.3 Å². The van der Waals surface area contributed by atoms with Crippen LogP contribution in [0.1, 0.15) is 39.0 Å². The van der Waals surface area contributed by atoms with Crippen molar-refractivity contribution in [2.75, 3.05) is 18.1 Å². The number of aromatic nitrogens is 7. The molecule has 4 aromatic heterocycles. The Morgan fingerprint density at radius 1 is 1.21 bits per heavy atom. The average molecular weight is 469 g/mol. The van der Waals surface area contributed by atoms with Gasteiger partial charge in [0.15, 0.2) is 11.5 Å². The van der Waals surface area contributed by atoms with Crippen LogP contribution in [0, 0.1) is 16.7 Å². The number of pyridine rings is 1. The highest BCUT2D eigenvalue weighted by atomic mass is 19.3. The molecule has 1 aliphatic rings. The molecule has 1 aliphatic carbocycles. The standard InChI is InChI=1S/C14H13F2N9.C8H13N/c1-18-12-11-7(4-5-24(11)22-14(17)20-12)8-2-3-9-13(19-8)25(23-21-9)6-10(15)16;1-8(7-9)5-3-2-4-6-8/h2-5,10H,6H2,1H3,(H3,17,18,20,22);2-6H2,1H3. The third kappa shape index (κ3) is 4.73. The zero-order valence-electron chi connectivity index (χ0n) is 19.0. The second-order valence-electron chi connectivity index (χ2n) is 8.53. The molecular formula is C22H26F2N10. The Labute approximate surface area is 194 Å². The van der Waals surface area contributed by atoms with Crippen molar-refractivity contribution < 1.29 is 8.78 Å². The second-order valence-corrected chi connectivity index (χ2v) is 8.53. The third-order valence-electron chi connectivity index (χ3n) is 5.94. The molecule has 4 aromatic rings. The lowest BCUT2D eigenvalue weighted by Gasteiger charge is -2.25. The summed E-state index contributed by atoms with van der Waals surface area (Å²) in [7, 11) is 1.72. The lowest BCUT2D eigenvalue weighted by atomic mass is 9.77. The van der Waals surface area contributed by atoms with E-state index < -0.39 is 13.0 Å². The number of alkyl halides is 2. The van der Waals surface area contributed by atoms with E-state index in [0.717, 1.165) is 23.1 Å². The lowest BCUT2D eigenvalue weighted by molar-refractivity contribution is 0.122. The number of hydrogen-bond donors (Lipinski definition) is 2. The Bertz CT molecular complexity index is 1330. The van der Waals surface area contributed by atoms with Gasteiger partial charge in [-0.3, -0.25) is 0 Å². The van der Waals surface area contributed by atoms with Crippen LogP contribution in [0.4, 0.5) is 20.5 Å². The molecule has 0 unspecified atom stereocenters. The molecule has 1 fully saturated rings. The van der Waals surface area contributed by atoms with Gasteiger partial charge in [-0.05, 0) is 38.0 Å². The highest BCUT2D eigenvalue weighted by Gasteiger charge is 2.25. The van der Waals surface area contributed by atoms with Gasteiger partial charge in [-0.2, -0.15) is 10.2 Å². The largest absolute Gasteiger partial charge is 0.371 e. The third-order valence-corrected chi connectivity index (χ3v) is 5.94. The quantitative estimate of drug-likeness (QED) is 0.460. The summed E-state index contributed by atoms with van der Waals surface area (Å²) in [6.07, 6.45) is 5.25. The number of halogens is 2. The number of nitrogens with one attached hydrogen (secondary N) is 1. The first-order chi connectivity index (χ1) is 16.3. The zero-order valence-corrected chi connectivity index (χ0v) is 19.0. The smallest absolute Gasteiger partial charge is 0.258 e. The zero-order chi connectivity index (χ0) is 24.3. The molecule has 5 rings (SSSR count). The van der Waals surface area contributed by atoms with Crippen LogP contribution in [-0.4, -0.2) is 48.0 Å². The maximum absolute atomic E-state index is 12.7. The first-order valence-corrected chi connectivity index (χ1v) is 11.1. The molecule has 1 saturated carbocycles. The number of fused-ring (bicyclic) bond motifs is 2. The number of nitriles is 1. The topological polar surface area (TPSA) is 136 Å². The highest BCUT2D eigenvalue weighted by Crippen LogP contribution is 2.34. The van der Waals surface area contributed by atoms with Crippen LogP contribution in [0.15, 0.2) is 24.4 Å². The van der Waals surface area contributed by atoms with Gasteiger partial charge in [-0.15, -0.1) is 10.2 Å². The van der Waals surface area contributed by atoms with Gasteiger partial charge in [0.25, 0.3) is 6.43 Å². The van der Waals surface area contributed by atoms with E-state index in [-0.39, 0.29) is 11.4 Å². The highest BCUT2D eigenvalue weighted by molar-refractivity contribution is 5.89. The summed E-state index contributed by atoms with van der Waals surface area (Å²) in [4.78, 5) is 8.62. The summed E-state index contributed by atoms with van der Waals surface area (Å²) in [5, 5.41) is 23.4. The SMILES string of the molecule is CC1(C#N)CCCCC1.CNc1nc(N)nn2ccc(-c3ccc4nnn(CC(F)F)c4n3)c12. The summed E-state index contributed by atoms with van der Waals surface area (Å²) in [6.45, 7) is 1.51. The molecule has 178 valence electrons. The van der Waals surface area contributed by atoms with E-state index in [2.05, 4.69) is 43.7 Å². The van der Waals surface area contributed by atoms with Gasteiger partial charge in [0.1, 0.15) is 17.6 Å². The molecule has 0 saturated heterocycles. The Morgan fingerprint density at radius 3 is 2.62 bits per heavy atom. The normalized spacial score (nSPS) is 15.2. The van der Waals surface area contributed by atoms with E-state index in [0.29, 0.717) is 28.2 Å². The average Bonchev–Trinajstić information content (AvgIpc) is 3.43. The number of rotatable bonds is 4. The van der Waals surface area contributed by atoms with Crippen LogP contribution in [0.25, 0.3) is 27.9 Å². The fourth-order valence-electron chi connectivity index (χ4n) is 4.12. The molecular weight excluding hydrogens is 442 g/mol. The minimum absolute atomic E-state index is 0.0260. The Kier molecular flexibility index (Phi) is 6.54. The molecule has 4 heterocycles. The van der Waals surface area contributed by atoms with E-state index in [9.17, 15) is 8.78 Å². The molecule has 0 aromatic carbocycles.